The van der Waals surface area contributed by atoms with Gasteiger partial charge in [-0.15, -0.1) is 0 Å². The minimum absolute atomic E-state index is 0.126. The zero-order chi connectivity index (χ0) is 15.1. The summed E-state index contributed by atoms with van der Waals surface area (Å²) in [7, 11) is 0. The summed E-state index contributed by atoms with van der Waals surface area (Å²) in [5.41, 5.74) is 5.67. The fourth-order valence-electron chi connectivity index (χ4n) is 2.05. The van der Waals surface area contributed by atoms with Crippen LogP contribution in [-0.4, -0.2) is 6.10 Å². The lowest BCUT2D eigenvalue weighted by Crippen LogP contribution is -2.27. The molecule has 112 valence electrons. The highest BCUT2D eigenvalue weighted by atomic mass is 35.5. The molecule has 2 nitrogen and oxygen atoms in total. The number of benzene rings is 2. The van der Waals surface area contributed by atoms with Gasteiger partial charge in [0.05, 0.1) is 12.1 Å². The first kappa shape index (κ1) is 16.0. The van der Waals surface area contributed by atoms with Crippen molar-refractivity contribution < 1.29 is 4.84 Å². The van der Waals surface area contributed by atoms with Crippen molar-refractivity contribution in [3.8, 4) is 0 Å². The Hall–Kier alpha value is -1.35. The molecule has 0 aliphatic heterocycles. The topological polar surface area (TPSA) is 21.3 Å². The first-order valence-corrected chi connectivity index (χ1v) is 7.77. The molecule has 0 bridgehead atoms. The van der Waals surface area contributed by atoms with Crippen LogP contribution in [0.5, 0.6) is 0 Å². The summed E-state index contributed by atoms with van der Waals surface area (Å²) in [6.07, 6.45) is 2.04. The van der Waals surface area contributed by atoms with Crippen LogP contribution in [0.15, 0.2) is 54.6 Å². The standard InChI is InChI=1S/C18H22ClNO/c1-3-14(2)21-20-18(16-7-5-4-6-8-16)13-15-9-11-17(19)12-10-15/h4-12,14,18,20H,3,13H2,1-2H3. The largest absolute Gasteiger partial charge is 0.298 e. The maximum absolute atomic E-state index is 5.95. The normalized spacial score (nSPS) is 13.9. The Morgan fingerprint density at radius 3 is 2.33 bits per heavy atom. The Kier molecular flexibility index (Phi) is 6.24. The van der Waals surface area contributed by atoms with Gasteiger partial charge in [0.15, 0.2) is 0 Å². The Balaban J connectivity index is 2.09. The van der Waals surface area contributed by atoms with Gasteiger partial charge < -0.3 is 0 Å². The molecule has 0 spiro atoms. The molecule has 0 heterocycles. The molecule has 0 aliphatic carbocycles. The van der Waals surface area contributed by atoms with Gasteiger partial charge in [-0.3, -0.25) is 4.84 Å². The fraction of sp³-hybridized carbons (Fsp3) is 0.333. The second-order valence-electron chi connectivity index (χ2n) is 5.25. The molecule has 0 saturated carbocycles. The number of hydrogen-bond acceptors (Lipinski definition) is 2. The van der Waals surface area contributed by atoms with Crippen LogP contribution in [0.4, 0.5) is 0 Å². The first-order valence-electron chi connectivity index (χ1n) is 7.39. The van der Waals surface area contributed by atoms with E-state index in [4.69, 9.17) is 16.4 Å². The van der Waals surface area contributed by atoms with E-state index < -0.39 is 0 Å². The van der Waals surface area contributed by atoms with Gasteiger partial charge in [0.1, 0.15) is 0 Å². The summed E-state index contributed by atoms with van der Waals surface area (Å²) in [4.78, 5) is 5.73. The molecule has 2 aromatic rings. The van der Waals surface area contributed by atoms with Crippen LogP contribution in [0.2, 0.25) is 5.02 Å². The molecule has 0 amide bonds. The molecule has 0 saturated heterocycles. The molecule has 3 heteroatoms. The maximum atomic E-state index is 5.95. The number of hydrogen-bond donors (Lipinski definition) is 1. The molecule has 0 fully saturated rings. The van der Waals surface area contributed by atoms with Crippen molar-refractivity contribution in [3.05, 3.63) is 70.7 Å². The van der Waals surface area contributed by atoms with Crippen molar-refractivity contribution >= 4 is 11.6 Å². The smallest absolute Gasteiger partial charge is 0.0759 e. The van der Waals surface area contributed by atoms with E-state index >= 15 is 0 Å². The molecule has 2 atom stereocenters. The fourth-order valence-corrected chi connectivity index (χ4v) is 2.18. The van der Waals surface area contributed by atoms with E-state index in [2.05, 4.69) is 55.7 Å². The van der Waals surface area contributed by atoms with Crippen molar-refractivity contribution in [2.24, 2.45) is 0 Å². The Morgan fingerprint density at radius 1 is 1.05 bits per heavy atom. The lowest BCUT2D eigenvalue weighted by molar-refractivity contribution is -0.0369. The molecule has 0 aliphatic rings. The quantitative estimate of drug-likeness (QED) is 0.731. The third-order valence-corrected chi connectivity index (χ3v) is 3.79. The number of nitrogens with one attached hydrogen (secondary N) is 1. The van der Waals surface area contributed by atoms with E-state index in [0.29, 0.717) is 0 Å². The lowest BCUT2D eigenvalue weighted by Gasteiger charge is -2.21. The summed E-state index contributed by atoms with van der Waals surface area (Å²) in [6.45, 7) is 4.18. The molecule has 21 heavy (non-hydrogen) atoms. The van der Waals surface area contributed by atoms with E-state index in [1.807, 2.05) is 18.2 Å². The van der Waals surface area contributed by atoms with Gasteiger partial charge >= 0.3 is 0 Å². The maximum Gasteiger partial charge on any atom is 0.0759 e. The van der Waals surface area contributed by atoms with Crippen LogP contribution in [0, 0.1) is 0 Å². The molecule has 2 rings (SSSR count). The molecule has 1 N–H and O–H groups in total. The van der Waals surface area contributed by atoms with Crippen LogP contribution in [0.3, 0.4) is 0 Å². The molecular weight excluding hydrogens is 282 g/mol. The minimum atomic E-state index is 0.126. The Morgan fingerprint density at radius 2 is 1.71 bits per heavy atom. The monoisotopic (exact) mass is 303 g/mol. The van der Waals surface area contributed by atoms with Gasteiger partial charge in [0.2, 0.25) is 0 Å². The second kappa shape index (κ2) is 8.18. The minimum Gasteiger partial charge on any atom is -0.298 e. The lowest BCUT2D eigenvalue weighted by atomic mass is 10.00. The van der Waals surface area contributed by atoms with Gasteiger partial charge in [0, 0.05) is 5.02 Å². The molecule has 2 aromatic carbocycles. The van der Waals surface area contributed by atoms with Crippen LogP contribution >= 0.6 is 11.6 Å². The highest BCUT2D eigenvalue weighted by Gasteiger charge is 2.13. The summed E-state index contributed by atoms with van der Waals surface area (Å²) >= 11 is 5.95. The van der Waals surface area contributed by atoms with Crippen molar-refractivity contribution in [2.75, 3.05) is 0 Å². The van der Waals surface area contributed by atoms with Crippen molar-refractivity contribution in [1.82, 2.24) is 5.48 Å². The predicted molar refractivity (Wildman–Crippen MR) is 88.3 cm³/mol. The summed E-state index contributed by atoms with van der Waals surface area (Å²) in [5.74, 6) is 0. The zero-order valence-corrected chi connectivity index (χ0v) is 13.3. The number of rotatable bonds is 7. The Bertz CT molecular complexity index is 527. The average molecular weight is 304 g/mol. The van der Waals surface area contributed by atoms with E-state index in [9.17, 15) is 0 Å². The van der Waals surface area contributed by atoms with Crippen molar-refractivity contribution in [1.29, 1.82) is 0 Å². The van der Waals surface area contributed by atoms with Gasteiger partial charge in [-0.1, -0.05) is 61.0 Å². The predicted octanol–water partition coefficient (Wildman–Crippen LogP) is 4.94. The van der Waals surface area contributed by atoms with E-state index in [0.717, 1.165) is 17.9 Å². The van der Waals surface area contributed by atoms with Crippen molar-refractivity contribution in [3.63, 3.8) is 0 Å². The average Bonchev–Trinajstić information content (AvgIpc) is 2.53. The highest BCUT2D eigenvalue weighted by molar-refractivity contribution is 6.30. The molecular formula is C18H22ClNO. The van der Waals surface area contributed by atoms with Gasteiger partial charge in [-0.05, 0) is 43.0 Å². The van der Waals surface area contributed by atoms with Crippen LogP contribution in [0.25, 0.3) is 0 Å². The third kappa shape index (κ3) is 5.16. The molecule has 0 radical (unpaired) electrons. The highest BCUT2D eigenvalue weighted by Crippen LogP contribution is 2.20. The SMILES string of the molecule is CCC(C)ONC(Cc1ccc(Cl)cc1)c1ccccc1. The Labute approximate surface area is 132 Å². The van der Waals surface area contributed by atoms with Crippen LogP contribution in [0.1, 0.15) is 37.4 Å². The first-order chi connectivity index (χ1) is 10.2. The summed E-state index contributed by atoms with van der Waals surface area (Å²) < 4.78 is 0. The zero-order valence-electron chi connectivity index (χ0n) is 12.6. The van der Waals surface area contributed by atoms with E-state index in [1.165, 1.54) is 11.1 Å². The van der Waals surface area contributed by atoms with Crippen molar-refractivity contribution in [2.45, 2.75) is 38.8 Å². The van der Waals surface area contributed by atoms with Gasteiger partial charge in [-0.25, -0.2) is 0 Å². The second-order valence-corrected chi connectivity index (χ2v) is 5.68. The van der Waals surface area contributed by atoms with E-state index in [-0.39, 0.29) is 12.1 Å². The molecule has 0 aromatic heterocycles. The van der Waals surface area contributed by atoms with E-state index in [1.54, 1.807) is 0 Å². The summed E-state index contributed by atoms with van der Waals surface area (Å²) in [5, 5.41) is 0.763. The van der Waals surface area contributed by atoms with Gasteiger partial charge in [0.25, 0.3) is 0 Å². The number of halogens is 1. The van der Waals surface area contributed by atoms with Crippen LogP contribution < -0.4 is 5.48 Å². The molecule has 2 unspecified atom stereocenters. The summed E-state index contributed by atoms with van der Waals surface area (Å²) in [6, 6.07) is 18.5. The third-order valence-electron chi connectivity index (χ3n) is 3.54. The van der Waals surface area contributed by atoms with Crippen LogP contribution in [-0.2, 0) is 11.3 Å². The number of hydroxylamine groups is 1. The van der Waals surface area contributed by atoms with Gasteiger partial charge in [-0.2, -0.15) is 5.48 Å².